The largest absolute Gasteiger partial charge is 0.326 e. The van der Waals surface area contributed by atoms with E-state index in [-0.39, 0.29) is 18.0 Å². The molecule has 0 spiro atoms. The van der Waals surface area contributed by atoms with Crippen LogP contribution in [-0.4, -0.2) is 20.4 Å². The minimum atomic E-state index is -0.999. The predicted molar refractivity (Wildman–Crippen MR) is 104 cm³/mol. The van der Waals surface area contributed by atoms with E-state index in [9.17, 15) is 13.6 Å². The van der Waals surface area contributed by atoms with Crippen LogP contribution in [0, 0.1) is 11.6 Å². The van der Waals surface area contributed by atoms with Crippen molar-refractivity contribution in [2.75, 3.05) is 5.32 Å². The number of fused-ring (bicyclic) bond motifs is 1. The fraction of sp³-hybridized carbons (Fsp3) is 0.150. The number of hydrogen-bond acceptors (Lipinski definition) is 4. The van der Waals surface area contributed by atoms with Crippen molar-refractivity contribution in [1.82, 2.24) is 14.5 Å². The van der Waals surface area contributed by atoms with E-state index in [1.54, 1.807) is 17.5 Å². The molecule has 1 N–H and O–H groups in total. The molecule has 0 fully saturated rings. The van der Waals surface area contributed by atoms with Gasteiger partial charge in [0.05, 0.1) is 6.54 Å². The fourth-order valence-corrected chi connectivity index (χ4v) is 3.64. The first-order chi connectivity index (χ1) is 13.6. The number of pyridine rings is 1. The molecule has 0 aliphatic heterocycles. The number of carbonyl (C=O) groups is 1. The number of rotatable bonds is 6. The van der Waals surface area contributed by atoms with Gasteiger partial charge in [0.25, 0.3) is 0 Å². The summed E-state index contributed by atoms with van der Waals surface area (Å²) in [6.07, 6.45) is 2.28. The lowest BCUT2D eigenvalue weighted by Crippen LogP contribution is -2.14. The van der Waals surface area contributed by atoms with Crippen molar-refractivity contribution in [3.8, 4) is 0 Å². The summed E-state index contributed by atoms with van der Waals surface area (Å²) in [5, 5.41) is 4.59. The van der Waals surface area contributed by atoms with Crippen LogP contribution in [0.1, 0.15) is 17.1 Å². The Bertz CT molecular complexity index is 1120. The molecule has 8 heteroatoms. The standard InChI is InChI=1S/C20H16F2N4OS/c21-15-6-5-13(11-16(15)22)24-19(27)8-7-18-25-17-4-1-9-23-20(17)26(18)12-14-3-2-10-28-14/h1-6,9-11H,7-8,12H2,(H,24,27). The molecule has 4 aromatic rings. The van der Waals surface area contributed by atoms with E-state index in [2.05, 4.69) is 15.3 Å². The zero-order valence-corrected chi connectivity index (χ0v) is 15.5. The number of hydrogen-bond donors (Lipinski definition) is 1. The third kappa shape index (κ3) is 3.91. The molecule has 0 saturated heterocycles. The average Bonchev–Trinajstić information content (AvgIpc) is 3.32. The fourth-order valence-electron chi connectivity index (χ4n) is 2.94. The molecule has 1 amide bonds. The second-order valence-corrected chi connectivity index (χ2v) is 7.25. The highest BCUT2D eigenvalue weighted by Crippen LogP contribution is 2.20. The Labute approximate surface area is 163 Å². The van der Waals surface area contributed by atoms with E-state index < -0.39 is 11.6 Å². The van der Waals surface area contributed by atoms with Crippen LogP contribution in [0.15, 0.2) is 54.0 Å². The molecule has 0 saturated carbocycles. The van der Waals surface area contributed by atoms with Crippen molar-refractivity contribution < 1.29 is 13.6 Å². The molecule has 0 aliphatic rings. The summed E-state index contributed by atoms with van der Waals surface area (Å²) >= 11 is 1.65. The molecule has 3 aromatic heterocycles. The molecule has 0 atom stereocenters. The minimum absolute atomic E-state index is 0.159. The molecule has 28 heavy (non-hydrogen) atoms. The van der Waals surface area contributed by atoms with Crippen LogP contribution in [0.4, 0.5) is 14.5 Å². The van der Waals surface area contributed by atoms with Gasteiger partial charge in [-0.1, -0.05) is 6.07 Å². The zero-order valence-electron chi connectivity index (χ0n) is 14.7. The highest BCUT2D eigenvalue weighted by atomic mass is 32.1. The molecule has 0 aliphatic carbocycles. The summed E-state index contributed by atoms with van der Waals surface area (Å²) < 4.78 is 28.3. The van der Waals surface area contributed by atoms with Crippen LogP contribution in [0.3, 0.4) is 0 Å². The van der Waals surface area contributed by atoms with Crippen LogP contribution in [0.2, 0.25) is 0 Å². The average molecular weight is 398 g/mol. The summed E-state index contributed by atoms with van der Waals surface area (Å²) in [7, 11) is 0. The second kappa shape index (κ2) is 7.85. The van der Waals surface area contributed by atoms with Crippen molar-refractivity contribution in [3.05, 3.63) is 76.4 Å². The number of carbonyl (C=O) groups excluding carboxylic acids is 1. The SMILES string of the molecule is O=C(CCc1nc2cccnc2n1Cc1cccs1)Nc1ccc(F)c(F)c1. The van der Waals surface area contributed by atoms with Gasteiger partial charge >= 0.3 is 0 Å². The van der Waals surface area contributed by atoms with Crippen LogP contribution in [0.5, 0.6) is 0 Å². The van der Waals surface area contributed by atoms with Gasteiger partial charge in [-0.05, 0) is 35.7 Å². The van der Waals surface area contributed by atoms with Crippen molar-refractivity contribution in [3.63, 3.8) is 0 Å². The topological polar surface area (TPSA) is 59.8 Å². The van der Waals surface area contributed by atoms with E-state index in [1.807, 2.05) is 34.2 Å². The monoisotopic (exact) mass is 398 g/mol. The van der Waals surface area contributed by atoms with Crippen LogP contribution < -0.4 is 5.32 Å². The Balaban J connectivity index is 1.50. The minimum Gasteiger partial charge on any atom is -0.326 e. The Morgan fingerprint density at radius 3 is 2.82 bits per heavy atom. The van der Waals surface area contributed by atoms with E-state index in [0.29, 0.717) is 13.0 Å². The number of anilines is 1. The second-order valence-electron chi connectivity index (χ2n) is 6.22. The molecule has 4 rings (SSSR count). The number of thiophene rings is 1. The number of halogens is 2. The van der Waals surface area contributed by atoms with Crippen molar-refractivity contribution in [1.29, 1.82) is 0 Å². The summed E-state index contributed by atoms with van der Waals surface area (Å²) in [5.74, 6) is -1.49. The quantitative estimate of drug-likeness (QED) is 0.524. The lowest BCUT2D eigenvalue weighted by molar-refractivity contribution is -0.116. The van der Waals surface area contributed by atoms with Crippen LogP contribution >= 0.6 is 11.3 Å². The number of amides is 1. The maximum absolute atomic E-state index is 13.3. The maximum Gasteiger partial charge on any atom is 0.224 e. The Kier molecular flexibility index (Phi) is 5.12. The summed E-state index contributed by atoms with van der Waals surface area (Å²) in [6.45, 7) is 0.630. The number of nitrogens with one attached hydrogen (secondary N) is 1. The van der Waals surface area contributed by atoms with E-state index in [0.717, 1.165) is 34.0 Å². The number of aromatic nitrogens is 3. The van der Waals surface area contributed by atoms with Gasteiger partial charge in [-0.15, -0.1) is 11.3 Å². The van der Waals surface area contributed by atoms with Crippen molar-refractivity contribution in [2.45, 2.75) is 19.4 Å². The number of aryl methyl sites for hydroxylation is 1. The molecule has 0 unspecified atom stereocenters. The number of imidazole rings is 1. The zero-order chi connectivity index (χ0) is 19.5. The molecule has 5 nitrogen and oxygen atoms in total. The maximum atomic E-state index is 13.3. The normalized spacial score (nSPS) is 11.1. The van der Waals surface area contributed by atoms with Crippen molar-refractivity contribution >= 4 is 34.1 Å². The van der Waals surface area contributed by atoms with Gasteiger partial charge in [-0.3, -0.25) is 4.79 Å². The molecule has 1 aromatic carbocycles. The van der Waals surface area contributed by atoms with Gasteiger partial charge in [0.15, 0.2) is 17.3 Å². The number of nitrogens with zero attached hydrogens (tertiary/aromatic N) is 3. The Morgan fingerprint density at radius 2 is 2.04 bits per heavy atom. The molecule has 142 valence electrons. The molecule has 3 heterocycles. The first kappa shape index (κ1) is 18.2. The van der Waals surface area contributed by atoms with Gasteiger partial charge in [0.1, 0.15) is 11.3 Å². The third-order valence-electron chi connectivity index (χ3n) is 4.26. The first-order valence-corrected chi connectivity index (χ1v) is 9.55. The van der Waals surface area contributed by atoms with E-state index >= 15 is 0 Å². The highest BCUT2D eigenvalue weighted by Gasteiger charge is 2.14. The van der Waals surface area contributed by atoms with Crippen LogP contribution in [-0.2, 0) is 17.8 Å². The van der Waals surface area contributed by atoms with E-state index in [1.165, 1.54) is 6.07 Å². The lowest BCUT2D eigenvalue weighted by atomic mass is 10.2. The van der Waals surface area contributed by atoms with Crippen molar-refractivity contribution in [2.24, 2.45) is 0 Å². The van der Waals surface area contributed by atoms with Gasteiger partial charge in [-0.25, -0.2) is 18.7 Å². The van der Waals surface area contributed by atoms with Crippen LogP contribution in [0.25, 0.3) is 11.2 Å². The summed E-state index contributed by atoms with van der Waals surface area (Å²) in [5.41, 5.74) is 1.76. The van der Waals surface area contributed by atoms with E-state index in [4.69, 9.17) is 0 Å². The lowest BCUT2D eigenvalue weighted by Gasteiger charge is -2.08. The van der Waals surface area contributed by atoms with Gasteiger partial charge in [0.2, 0.25) is 5.91 Å². The smallest absolute Gasteiger partial charge is 0.224 e. The first-order valence-electron chi connectivity index (χ1n) is 8.67. The Morgan fingerprint density at radius 1 is 1.14 bits per heavy atom. The molecule has 0 bridgehead atoms. The predicted octanol–water partition coefficient (Wildman–Crippen LogP) is 4.39. The van der Waals surface area contributed by atoms with Gasteiger partial charge in [0, 0.05) is 35.7 Å². The molecular weight excluding hydrogens is 382 g/mol. The van der Waals surface area contributed by atoms with Gasteiger partial charge in [-0.2, -0.15) is 0 Å². The molecular formula is C20H16F2N4OS. The number of benzene rings is 1. The molecule has 0 radical (unpaired) electrons. The summed E-state index contributed by atoms with van der Waals surface area (Å²) in [4.78, 5) is 22.4. The third-order valence-corrected chi connectivity index (χ3v) is 5.12. The highest BCUT2D eigenvalue weighted by molar-refractivity contribution is 7.09. The Hall–Kier alpha value is -3.13. The van der Waals surface area contributed by atoms with Gasteiger partial charge < -0.3 is 9.88 Å². The summed E-state index contributed by atoms with van der Waals surface area (Å²) in [6, 6.07) is 11.0.